The number of anilines is 3. The summed E-state index contributed by atoms with van der Waals surface area (Å²) >= 11 is 1.52. The predicted octanol–water partition coefficient (Wildman–Crippen LogP) is 3.25. The van der Waals surface area contributed by atoms with Gasteiger partial charge in [0.2, 0.25) is 11.8 Å². The van der Waals surface area contributed by atoms with E-state index in [-0.39, 0.29) is 18.0 Å². The van der Waals surface area contributed by atoms with Crippen LogP contribution in [0, 0.1) is 11.3 Å². The van der Waals surface area contributed by atoms with Gasteiger partial charge in [-0.25, -0.2) is 14.8 Å². The molecule has 2 aliphatic heterocycles. The number of likely N-dealkylation sites (N-methyl/N-ethyl adjacent to an activating group) is 1. The monoisotopic (exact) mass is 561 g/mol. The van der Waals surface area contributed by atoms with Crippen LogP contribution in [0.3, 0.4) is 0 Å². The maximum Gasteiger partial charge on any atom is 0.328 e. The Kier molecular flexibility index (Phi) is 8.09. The van der Waals surface area contributed by atoms with Crippen molar-refractivity contribution in [2.75, 3.05) is 55.9 Å². The summed E-state index contributed by atoms with van der Waals surface area (Å²) in [6.45, 7) is 4.68. The average molecular weight is 562 g/mol. The van der Waals surface area contributed by atoms with E-state index in [9.17, 15) is 14.9 Å². The molecule has 208 valence electrons. The SMILES string of the molecule is COc1nc2c(cc1CN1CCN(C)CC1=O)CCCN2C(=O)Nc1cc(NC(C)c2nccs2)c(C#N)cn1. The van der Waals surface area contributed by atoms with Crippen LogP contribution in [0.5, 0.6) is 5.88 Å². The molecule has 3 amide bonds. The Morgan fingerprint density at radius 2 is 2.12 bits per heavy atom. The van der Waals surface area contributed by atoms with Crippen LogP contribution >= 0.6 is 11.3 Å². The van der Waals surface area contributed by atoms with E-state index in [2.05, 4.69) is 26.7 Å². The van der Waals surface area contributed by atoms with E-state index in [1.54, 1.807) is 24.3 Å². The number of thiazole rings is 1. The largest absolute Gasteiger partial charge is 0.481 e. The second-order valence-electron chi connectivity index (χ2n) is 9.84. The molecule has 12 nitrogen and oxygen atoms in total. The minimum Gasteiger partial charge on any atom is -0.481 e. The molecule has 13 heteroatoms. The first-order valence-corrected chi connectivity index (χ1v) is 13.9. The Bertz CT molecular complexity index is 1440. The molecule has 2 N–H and O–H groups in total. The Labute approximate surface area is 236 Å². The number of aromatic nitrogens is 3. The van der Waals surface area contributed by atoms with Gasteiger partial charge in [-0.1, -0.05) is 0 Å². The number of rotatable bonds is 7. The number of nitrogens with zero attached hydrogens (tertiary/aromatic N) is 7. The lowest BCUT2D eigenvalue weighted by Crippen LogP contribution is -2.48. The number of aryl methyl sites for hydroxylation is 1. The molecule has 1 fully saturated rings. The van der Waals surface area contributed by atoms with Gasteiger partial charge in [0.15, 0.2) is 0 Å². The number of methoxy groups -OCH3 is 1. The Hall–Kier alpha value is -4.28. The molecule has 0 spiro atoms. The zero-order valence-electron chi connectivity index (χ0n) is 22.7. The van der Waals surface area contributed by atoms with Crippen molar-refractivity contribution >= 4 is 40.6 Å². The van der Waals surface area contributed by atoms with Crippen LogP contribution in [0.1, 0.15) is 41.1 Å². The van der Waals surface area contributed by atoms with E-state index in [1.807, 2.05) is 35.2 Å². The molecule has 3 aromatic rings. The summed E-state index contributed by atoms with van der Waals surface area (Å²) in [5, 5.41) is 18.5. The number of hydrogen-bond acceptors (Lipinski definition) is 10. The molecule has 5 rings (SSSR count). The highest BCUT2D eigenvalue weighted by Gasteiger charge is 2.29. The number of hydrogen-bond donors (Lipinski definition) is 2. The zero-order valence-corrected chi connectivity index (χ0v) is 23.5. The lowest BCUT2D eigenvalue weighted by atomic mass is 10.0. The number of carbonyl (C=O) groups is 2. The van der Waals surface area contributed by atoms with Gasteiger partial charge in [0.1, 0.15) is 22.7 Å². The van der Waals surface area contributed by atoms with Crippen LogP contribution in [0.15, 0.2) is 29.9 Å². The second kappa shape index (κ2) is 11.8. The van der Waals surface area contributed by atoms with Crippen molar-refractivity contribution in [2.24, 2.45) is 0 Å². The van der Waals surface area contributed by atoms with Crippen molar-refractivity contribution in [3.05, 3.63) is 51.6 Å². The van der Waals surface area contributed by atoms with E-state index in [4.69, 9.17) is 9.72 Å². The quantitative estimate of drug-likeness (QED) is 0.445. The first kappa shape index (κ1) is 27.3. The summed E-state index contributed by atoms with van der Waals surface area (Å²) in [5.74, 6) is 1.30. The summed E-state index contributed by atoms with van der Waals surface area (Å²) in [5.41, 5.74) is 2.66. The Balaban J connectivity index is 1.34. The summed E-state index contributed by atoms with van der Waals surface area (Å²) in [4.78, 5) is 44.7. The maximum atomic E-state index is 13.4. The van der Waals surface area contributed by atoms with Gasteiger partial charge in [-0.05, 0) is 38.4 Å². The lowest BCUT2D eigenvalue weighted by Gasteiger charge is -2.33. The number of pyridine rings is 2. The standard InChI is InChI=1S/C27H31N9O3S/c1-17(26-29-6-10-40-26)31-21-12-22(30-14-20(21)13-28)32-27(38)36-7-4-5-18-11-19(25(39-3)33-24(18)36)15-35-9-8-34(2)16-23(35)37/h6,10-12,14,17H,4-5,7-9,15-16H2,1-3H3,(H2,30,31,32,38). The highest BCUT2D eigenvalue weighted by atomic mass is 32.1. The fourth-order valence-electron chi connectivity index (χ4n) is 4.87. The first-order valence-electron chi connectivity index (χ1n) is 13.0. The zero-order chi connectivity index (χ0) is 28.2. The second-order valence-corrected chi connectivity index (χ2v) is 10.8. The van der Waals surface area contributed by atoms with Gasteiger partial charge in [-0.15, -0.1) is 11.3 Å². The highest BCUT2D eigenvalue weighted by molar-refractivity contribution is 7.09. The Morgan fingerprint density at radius 1 is 1.27 bits per heavy atom. The number of nitriles is 1. The summed E-state index contributed by atoms with van der Waals surface area (Å²) < 4.78 is 5.59. The summed E-state index contributed by atoms with van der Waals surface area (Å²) in [7, 11) is 3.48. The normalized spacial score (nSPS) is 16.2. The third kappa shape index (κ3) is 5.83. The van der Waals surface area contributed by atoms with Crippen molar-refractivity contribution < 1.29 is 14.3 Å². The topological polar surface area (TPSA) is 140 Å². The van der Waals surface area contributed by atoms with Gasteiger partial charge in [0.05, 0.1) is 37.5 Å². The fourth-order valence-corrected chi connectivity index (χ4v) is 5.51. The molecule has 0 aromatic carbocycles. The lowest BCUT2D eigenvalue weighted by molar-refractivity contribution is -0.136. The number of piperazine rings is 1. The number of urea groups is 1. The molecule has 0 aliphatic carbocycles. The van der Waals surface area contributed by atoms with Crippen LogP contribution in [0.2, 0.25) is 0 Å². The molecule has 0 radical (unpaired) electrons. The number of ether oxygens (including phenoxy) is 1. The van der Waals surface area contributed by atoms with E-state index < -0.39 is 0 Å². The van der Waals surface area contributed by atoms with Crippen LogP contribution in [0.25, 0.3) is 0 Å². The molecule has 0 bridgehead atoms. The van der Waals surface area contributed by atoms with E-state index in [0.717, 1.165) is 35.5 Å². The Morgan fingerprint density at radius 3 is 2.85 bits per heavy atom. The van der Waals surface area contributed by atoms with Crippen LogP contribution < -0.4 is 20.3 Å². The highest BCUT2D eigenvalue weighted by Crippen LogP contribution is 2.32. The maximum absolute atomic E-state index is 13.4. The fraction of sp³-hybridized carbons (Fsp3) is 0.407. The number of fused-ring (bicyclic) bond motifs is 1. The minimum atomic E-state index is -0.381. The van der Waals surface area contributed by atoms with E-state index in [1.165, 1.54) is 17.5 Å². The average Bonchev–Trinajstić information content (AvgIpc) is 3.49. The summed E-state index contributed by atoms with van der Waals surface area (Å²) in [6.07, 6.45) is 4.69. The third-order valence-corrected chi connectivity index (χ3v) is 7.92. The third-order valence-electron chi connectivity index (χ3n) is 6.96. The van der Waals surface area contributed by atoms with Gasteiger partial charge < -0.3 is 15.0 Å². The van der Waals surface area contributed by atoms with Gasteiger partial charge in [0, 0.05) is 49.0 Å². The molecule has 3 aromatic heterocycles. The minimum absolute atomic E-state index is 0.0688. The summed E-state index contributed by atoms with van der Waals surface area (Å²) in [6, 6.07) is 5.28. The predicted molar refractivity (Wildman–Crippen MR) is 151 cm³/mol. The van der Waals surface area contributed by atoms with Crippen LogP contribution in [0.4, 0.5) is 22.1 Å². The van der Waals surface area contributed by atoms with Crippen molar-refractivity contribution in [1.29, 1.82) is 5.26 Å². The number of carbonyl (C=O) groups excluding carboxylic acids is 2. The van der Waals surface area contributed by atoms with Crippen molar-refractivity contribution in [2.45, 2.75) is 32.4 Å². The first-order chi connectivity index (χ1) is 19.4. The van der Waals surface area contributed by atoms with Gasteiger partial charge in [-0.3, -0.25) is 19.9 Å². The van der Waals surface area contributed by atoms with Gasteiger partial charge >= 0.3 is 6.03 Å². The molecule has 0 saturated carbocycles. The van der Waals surface area contributed by atoms with Crippen LogP contribution in [-0.4, -0.2) is 77.0 Å². The molecule has 1 saturated heterocycles. The van der Waals surface area contributed by atoms with Crippen molar-refractivity contribution in [3.63, 3.8) is 0 Å². The van der Waals surface area contributed by atoms with Gasteiger partial charge in [0.25, 0.3) is 0 Å². The number of nitrogens with one attached hydrogen (secondary N) is 2. The van der Waals surface area contributed by atoms with E-state index >= 15 is 0 Å². The smallest absolute Gasteiger partial charge is 0.328 e. The molecule has 5 heterocycles. The van der Waals surface area contributed by atoms with Gasteiger partial charge in [-0.2, -0.15) is 10.2 Å². The van der Waals surface area contributed by atoms with Crippen molar-refractivity contribution in [1.82, 2.24) is 24.8 Å². The number of amides is 3. The molecule has 1 unspecified atom stereocenters. The molecular weight excluding hydrogens is 530 g/mol. The molecule has 40 heavy (non-hydrogen) atoms. The van der Waals surface area contributed by atoms with Crippen molar-refractivity contribution in [3.8, 4) is 11.9 Å². The molecule has 2 aliphatic rings. The van der Waals surface area contributed by atoms with E-state index in [0.29, 0.717) is 54.9 Å². The molecule has 1 atom stereocenters. The molecular formula is C27H31N9O3S. The van der Waals surface area contributed by atoms with Crippen LogP contribution in [-0.2, 0) is 17.8 Å².